The van der Waals surface area contributed by atoms with Crippen LogP contribution in [0.25, 0.3) is 0 Å². The first-order chi connectivity index (χ1) is 7.08. The quantitative estimate of drug-likeness (QED) is 0.751. The molecule has 1 fully saturated rings. The molecule has 1 aromatic rings. The summed E-state index contributed by atoms with van der Waals surface area (Å²) in [6, 6.07) is 5.31. The van der Waals surface area contributed by atoms with Gasteiger partial charge in [0.1, 0.15) is 0 Å². The van der Waals surface area contributed by atoms with E-state index in [1.807, 2.05) is 19.9 Å². The predicted octanol–water partition coefficient (Wildman–Crippen LogP) is 3.82. The second-order valence-electron chi connectivity index (χ2n) is 3.68. The molecule has 1 saturated heterocycles. The lowest BCUT2D eigenvalue weighted by Crippen LogP contribution is -2.13. The van der Waals surface area contributed by atoms with Gasteiger partial charge in [-0.05, 0) is 26.0 Å². The molecule has 82 valence electrons. The summed E-state index contributed by atoms with van der Waals surface area (Å²) in [6.45, 7) is 3.96. The van der Waals surface area contributed by atoms with Crippen LogP contribution in [0, 0.1) is 0 Å². The third-order valence-corrected chi connectivity index (χ3v) is 3.12. The maximum Gasteiger partial charge on any atom is 0.186 e. The fourth-order valence-corrected chi connectivity index (χ4v) is 1.98. The van der Waals surface area contributed by atoms with Gasteiger partial charge in [0, 0.05) is 10.6 Å². The highest BCUT2D eigenvalue weighted by molar-refractivity contribution is 6.35. The Hall–Kier alpha value is -0.280. The van der Waals surface area contributed by atoms with Crippen molar-refractivity contribution in [3.8, 4) is 0 Å². The molecule has 2 atom stereocenters. The topological polar surface area (TPSA) is 18.5 Å². The van der Waals surface area contributed by atoms with Crippen LogP contribution >= 0.6 is 23.2 Å². The van der Waals surface area contributed by atoms with Gasteiger partial charge in [-0.15, -0.1) is 0 Å². The van der Waals surface area contributed by atoms with Gasteiger partial charge in [-0.1, -0.05) is 29.3 Å². The molecule has 2 rings (SSSR count). The van der Waals surface area contributed by atoms with Crippen LogP contribution in [-0.4, -0.2) is 12.2 Å². The number of rotatable bonds is 1. The second kappa shape index (κ2) is 4.30. The molecule has 15 heavy (non-hydrogen) atoms. The monoisotopic (exact) mass is 246 g/mol. The Morgan fingerprint density at radius 2 is 1.67 bits per heavy atom. The van der Waals surface area contributed by atoms with Crippen LogP contribution in [0.3, 0.4) is 0 Å². The first-order valence-electron chi connectivity index (χ1n) is 4.84. The Morgan fingerprint density at radius 3 is 2.20 bits per heavy atom. The molecule has 1 aliphatic heterocycles. The predicted molar refractivity (Wildman–Crippen MR) is 60.3 cm³/mol. The fraction of sp³-hybridized carbons (Fsp3) is 0.455. The molecule has 2 unspecified atom stereocenters. The summed E-state index contributed by atoms with van der Waals surface area (Å²) in [5.41, 5.74) is 0.831. The fourth-order valence-electron chi connectivity index (χ4n) is 1.48. The molecule has 4 heteroatoms. The third kappa shape index (κ3) is 2.28. The third-order valence-electron chi connectivity index (χ3n) is 2.55. The van der Waals surface area contributed by atoms with Crippen LogP contribution in [0.15, 0.2) is 18.2 Å². The number of benzene rings is 1. The van der Waals surface area contributed by atoms with Gasteiger partial charge in [0.25, 0.3) is 0 Å². The molecule has 0 spiro atoms. The zero-order chi connectivity index (χ0) is 11.0. The maximum atomic E-state index is 6.06. The molecule has 2 nitrogen and oxygen atoms in total. The van der Waals surface area contributed by atoms with E-state index in [9.17, 15) is 0 Å². The van der Waals surface area contributed by atoms with Crippen LogP contribution in [0.2, 0.25) is 10.0 Å². The van der Waals surface area contributed by atoms with Crippen molar-refractivity contribution in [2.24, 2.45) is 0 Å². The smallest absolute Gasteiger partial charge is 0.186 e. The van der Waals surface area contributed by atoms with E-state index in [0.717, 1.165) is 5.56 Å². The van der Waals surface area contributed by atoms with E-state index in [1.165, 1.54) is 0 Å². The molecular formula is C11H12Cl2O2. The molecule has 0 aromatic heterocycles. The van der Waals surface area contributed by atoms with E-state index >= 15 is 0 Å². The Bertz CT molecular complexity index is 358. The average Bonchev–Trinajstić information content (AvgIpc) is 2.46. The van der Waals surface area contributed by atoms with Crippen LogP contribution < -0.4 is 0 Å². The zero-order valence-electron chi connectivity index (χ0n) is 8.54. The average molecular weight is 247 g/mol. The number of hydrogen-bond acceptors (Lipinski definition) is 2. The lowest BCUT2D eigenvalue weighted by atomic mass is 10.2. The highest BCUT2D eigenvalue weighted by Crippen LogP contribution is 2.35. The van der Waals surface area contributed by atoms with E-state index < -0.39 is 0 Å². The van der Waals surface area contributed by atoms with E-state index in [2.05, 4.69) is 0 Å². The van der Waals surface area contributed by atoms with Crippen molar-refractivity contribution in [1.82, 2.24) is 0 Å². The number of halogens is 2. The summed E-state index contributed by atoms with van der Waals surface area (Å²) in [5.74, 6) is 0. The van der Waals surface area contributed by atoms with Crippen LogP contribution in [0.5, 0.6) is 0 Å². The van der Waals surface area contributed by atoms with Gasteiger partial charge in [0.15, 0.2) is 6.29 Å². The van der Waals surface area contributed by atoms with Crippen LogP contribution in [-0.2, 0) is 9.47 Å². The number of hydrogen-bond donors (Lipinski definition) is 0. The normalized spacial score (nSPS) is 30.8. The standard InChI is InChI=1S/C11H12Cl2O2/c1-6-7(2)15-11(14-6)9-4-3-8(12)5-10(9)13/h3-7,11H,1-2H3. The zero-order valence-corrected chi connectivity index (χ0v) is 10.0. The molecule has 1 heterocycles. The minimum Gasteiger partial charge on any atom is -0.343 e. The SMILES string of the molecule is CC1OC(c2ccc(Cl)cc2Cl)OC1C. The van der Waals surface area contributed by atoms with Gasteiger partial charge in [-0.2, -0.15) is 0 Å². The molecule has 0 bridgehead atoms. The van der Waals surface area contributed by atoms with E-state index in [0.29, 0.717) is 10.0 Å². The lowest BCUT2D eigenvalue weighted by Gasteiger charge is -2.11. The minimum atomic E-state index is -0.375. The van der Waals surface area contributed by atoms with Crippen molar-refractivity contribution in [3.05, 3.63) is 33.8 Å². The van der Waals surface area contributed by atoms with Gasteiger partial charge in [0.2, 0.25) is 0 Å². The summed E-state index contributed by atoms with van der Waals surface area (Å²) in [4.78, 5) is 0. The molecule has 0 aliphatic carbocycles. The van der Waals surface area contributed by atoms with Crippen molar-refractivity contribution < 1.29 is 9.47 Å². The van der Waals surface area contributed by atoms with Gasteiger partial charge in [0.05, 0.1) is 17.2 Å². The van der Waals surface area contributed by atoms with E-state index in [-0.39, 0.29) is 18.5 Å². The summed E-state index contributed by atoms with van der Waals surface area (Å²) in [5, 5.41) is 1.19. The van der Waals surface area contributed by atoms with Gasteiger partial charge >= 0.3 is 0 Å². The summed E-state index contributed by atoms with van der Waals surface area (Å²) >= 11 is 11.9. The van der Waals surface area contributed by atoms with Gasteiger partial charge in [-0.3, -0.25) is 0 Å². The Morgan fingerprint density at radius 1 is 1.07 bits per heavy atom. The summed E-state index contributed by atoms with van der Waals surface area (Å²) < 4.78 is 11.3. The summed E-state index contributed by atoms with van der Waals surface area (Å²) in [6.07, 6.45) is -0.205. The molecule has 0 amide bonds. The van der Waals surface area contributed by atoms with Crippen LogP contribution in [0.4, 0.5) is 0 Å². The largest absolute Gasteiger partial charge is 0.343 e. The van der Waals surface area contributed by atoms with Gasteiger partial charge < -0.3 is 9.47 Å². The van der Waals surface area contributed by atoms with Crippen molar-refractivity contribution in [1.29, 1.82) is 0 Å². The molecule has 0 saturated carbocycles. The van der Waals surface area contributed by atoms with Crippen molar-refractivity contribution >= 4 is 23.2 Å². The Labute approximate surface area is 99.1 Å². The minimum absolute atomic E-state index is 0.0849. The summed E-state index contributed by atoms with van der Waals surface area (Å²) in [7, 11) is 0. The molecule has 1 aromatic carbocycles. The first kappa shape index (κ1) is 11.2. The van der Waals surface area contributed by atoms with Crippen molar-refractivity contribution in [2.45, 2.75) is 32.3 Å². The Balaban J connectivity index is 2.24. The highest BCUT2D eigenvalue weighted by Gasteiger charge is 2.31. The van der Waals surface area contributed by atoms with Crippen molar-refractivity contribution in [3.63, 3.8) is 0 Å². The molecule has 0 radical (unpaired) electrons. The first-order valence-corrected chi connectivity index (χ1v) is 5.59. The lowest BCUT2D eigenvalue weighted by molar-refractivity contribution is -0.0651. The van der Waals surface area contributed by atoms with E-state index in [1.54, 1.807) is 12.1 Å². The number of ether oxygens (including phenoxy) is 2. The molecule has 1 aliphatic rings. The van der Waals surface area contributed by atoms with Gasteiger partial charge in [-0.25, -0.2) is 0 Å². The van der Waals surface area contributed by atoms with Crippen molar-refractivity contribution in [2.75, 3.05) is 0 Å². The highest BCUT2D eigenvalue weighted by atomic mass is 35.5. The second-order valence-corrected chi connectivity index (χ2v) is 4.52. The van der Waals surface area contributed by atoms with Crippen LogP contribution in [0.1, 0.15) is 25.7 Å². The van der Waals surface area contributed by atoms with E-state index in [4.69, 9.17) is 32.7 Å². The maximum absolute atomic E-state index is 6.06. The molecular weight excluding hydrogens is 235 g/mol. The Kier molecular flexibility index (Phi) is 3.21. The molecule has 0 N–H and O–H groups in total.